The normalized spacial score (nSPS) is 11.6. The van der Waals surface area contributed by atoms with Gasteiger partial charge in [0, 0.05) is 12.6 Å². The monoisotopic (exact) mass is 349 g/mol. The summed E-state index contributed by atoms with van der Waals surface area (Å²) >= 11 is 1.53. The molecule has 1 aromatic heterocycles. The maximum absolute atomic E-state index is 12.4. The van der Waals surface area contributed by atoms with Crippen molar-refractivity contribution < 1.29 is 4.79 Å². The maximum Gasteiger partial charge on any atom is 0.279 e. The van der Waals surface area contributed by atoms with Crippen molar-refractivity contribution in [1.82, 2.24) is 4.57 Å². The van der Waals surface area contributed by atoms with Crippen molar-refractivity contribution in [3.63, 3.8) is 0 Å². The Morgan fingerprint density at radius 2 is 2.00 bits per heavy atom. The quantitative estimate of drug-likeness (QED) is 0.709. The van der Waals surface area contributed by atoms with E-state index in [0.717, 1.165) is 16.6 Å². The summed E-state index contributed by atoms with van der Waals surface area (Å²) in [5.41, 5.74) is 3.42. The number of aromatic nitrogens is 1. The summed E-state index contributed by atoms with van der Waals surface area (Å²) < 4.78 is 3.09. The predicted molar refractivity (Wildman–Crippen MR) is 100 cm³/mol. The van der Waals surface area contributed by atoms with Crippen LogP contribution in [0.2, 0.25) is 0 Å². The van der Waals surface area contributed by atoms with Crippen LogP contribution in [0.25, 0.3) is 10.2 Å². The molecule has 0 aliphatic rings. The van der Waals surface area contributed by atoms with Crippen molar-refractivity contribution in [2.45, 2.75) is 26.2 Å². The average Bonchev–Trinajstić information content (AvgIpc) is 2.95. The average molecular weight is 349 g/mol. The molecular formula is C20H19N3OS. The first-order chi connectivity index (χ1) is 12.1. The molecule has 1 amide bonds. The third kappa shape index (κ3) is 3.70. The van der Waals surface area contributed by atoms with Gasteiger partial charge in [0.25, 0.3) is 5.91 Å². The second-order valence-corrected chi connectivity index (χ2v) is 6.96. The van der Waals surface area contributed by atoms with Crippen LogP contribution >= 0.6 is 11.3 Å². The Labute approximate surface area is 150 Å². The highest BCUT2D eigenvalue weighted by Gasteiger charge is 2.08. The third-order valence-corrected chi connectivity index (χ3v) is 5.25. The van der Waals surface area contributed by atoms with Crippen LogP contribution in [0.1, 0.15) is 41.3 Å². The first kappa shape index (κ1) is 17.1. The molecule has 25 heavy (non-hydrogen) atoms. The van der Waals surface area contributed by atoms with Crippen LogP contribution in [0.4, 0.5) is 0 Å². The van der Waals surface area contributed by atoms with Gasteiger partial charge in [-0.15, -0.1) is 0 Å². The fraction of sp³-hybridized carbons (Fsp3) is 0.250. The maximum atomic E-state index is 12.4. The lowest BCUT2D eigenvalue weighted by Crippen LogP contribution is -2.13. The lowest BCUT2D eigenvalue weighted by molar-refractivity contribution is 0.0998. The lowest BCUT2D eigenvalue weighted by Gasteiger charge is -2.00. The number of amides is 1. The highest BCUT2D eigenvalue weighted by atomic mass is 32.1. The first-order valence-electron chi connectivity index (χ1n) is 8.30. The number of benzene rings is 2. The Bertz CT molecular complexity index is 1020. The molecule has 0 saturated heterocycles. The predicted octanol–water partition coefficient (Wildman–Crippen LogP) is 4.20. The number of rotatable bonds is 4. The van der Waals surface area contributed by atoms with Gasteiger partial charge in [0.1, 0.15) is 0 Å². The molecule has 0 aliphatic carbocycles. The zero-order valence-electron chi connectivity index (χ0n) is 14.3. The molecule has 0 atom stereocenters. The van der Waals surface area contributed by atoms with Gasteiger partial charge in [0.15, 0.2) is 4.80 Å². The van der Waals surface area contributed by atoms with E-state index in [-0.39, 0.29) is 5.91 Å². The Hall–Kier alpha value is -2.71. The van der Waals surface area contributed by atoms with E-state index in [9.17, 15) is 4.79 Å². The van der Waals surface area contributed by atoms with Crippen molar-refractivity contribution in [2.75, 3.05) is 0 Å². The van der Waals surface area contributed by atoms with Crippen LogP contribution < -0.4 is 4.80 Å². The van der Waals surface area contributed by atoms with Crippen molar-refractivity contribution in [3.8, 4) is 6.07 Å². The molecule has 4 nitrogen and oxygen atoms in total. The Morgan fingerprint density at radius 3 is 2.68 bits per heavy atom. The minimum atomic E-state index is -0.294. The Morgan fingerprint density at radius 1 is 1.24 bits per heavy atom. The summed E-state index contributed by atoms with van der Waals surface area (Å²) in [6, 6.07) is 15.0. The molecule has 3 rings (SSSR count). The minimum Gasteiger partial charge on any atom is -0.319 e. The number of carbonyl (C=O) groups excluding carboxylic acids is 1. The molecule has 3 aromatic rings. The van der Waals surface area contributed by atoms with Gasteiger partial charge in [0.2, 0.25) is 0 Å². The summed E-state index contributed by atoms with van der Waals surface area (Å²) in [4.78, 5) is 17.3. The Kier molecular flexibility index (Phi) is 5.11. The molecular weight excluding hydrogens is 330 g/mol. The largest absolute Gasteiger partial charge is 0.319 e. The summed E-state index contributed by atoms with van der Waals surface area (Å²) in [7, 11) is 1.93. The van der Waals surface area contributed by atoms with E-state index in [2.05, 4.69) is 30.1 Å². The summed E-state index contributed by atoms with van der Waals surface area (Å²) in [5, 5.41) is 8.84. The molecule has 126 valence electrons. The van der Waals surface area contributed by atoms with Gasteiger partial charge in [0.05, 0.1) is 21.8 Å². The number of nitriles is 1. The minimum absolute atomic E-state index is 0.294. The molecule has 0 fully saturated rings. The van der Waals surface area contributed by atoms with E-state index >= 15 is 0 Å². The lowest BCUT2D eigenvalue weighted by atomic mass is 10.1. The number of nitrogens with zero attached hydrogens (tertiary/aromatic N) is 3. The molecule has 2 aromatic carbocycles. The second kappa shape index (κ2) is 7.45. The van der Waals surface area contributed by atoms with Gasteiger partial charge in [-0.1, -0.05) is 30.7 Å². The number of fused-ring (bicyclic) bond motifs is 1. The van der Waals surface area contributed by atoms with Crippen molar-refractivity contribution in [1.29, 1.82) is 5.26 Å². The van der Waals surface area contributed by atoms with Crippen LogP contribution in [0, 0.1) is 11.3 Å². The van der Waals surface area contributed by atoms with Crippen molar-refractivity contribution >= 4 is 27.5 Å². The molecule has 0 spiro atoms. The standard InChI is InChI=1S/C20H19N3OS/c1-3-4-5-14-8-11-17-18(12-14)25-20(23(17)2)22-19(24)16-9-6-15(13-21)7-10-16/h6-12H,3-5H2,1-2H3. The molecule has 5 heteroatoms. The van der Waals surface area contributed by atoms with Crippen molar-refractivity contribution in [3.05, 3.63) is 64.0 Å². The fourth-order valence-corrected chi connectivity index (χ4v) is 3.74. The van der Waals surface area contributed by atoms with E-state index in [0.29, 0.717) is 15.9 Å². The molecule has 0 unspecified atom stereocenters. The fourth-order valence-electron chi connectivity index (χ4n) is 2.66. The van der Waals surface area contributed by atoms with Gasteiger partial charge in [-0.3, -0.25) is 4.79 Å². The van der Waals surface area contributed by atoms with Gasteiger partial charge < -0.3 is 4.57 Å². The van der Waals surface area contributed by atoms with Gasteiger partial charge >= 0.3 is 0 Å². The van der Waals surface area contributed by atoms with Gasteiger partial charge in [-0.2, -0.15) is 10.3 Å². The van der Waals surface area contributed by atoms with Gasteiger partial charge in [-0.05, 0) is 54.8 Å². The number of thiazole rings is 1. The van der Waals surface area contributed by atoms with E-state index in [1.807, 2.05) is 17.7 Å². The summed E-state index contributed by atoms with van der Waals surface area (Å²) in [5.74, 6) is -0.294. The molecule has 0 bridgehead atoms. The number of unbranched alkanes of at least 4 members (excludes halogenated alkanes) is 1. The highest BCUT2D eigenvalue weighted by Crippen LogP contribution is 2.19. The summed E-state index contributed by atoms with van der Waals surface area (Å²) in [6.07, 6.45) is 3.43. The molecule has 1 heterocycles. The van der Waals surface area contributed by atoms with Crippen LogP contribution in [-0.2, 0) is 13.5 Å². The van der Waals surface area contributed by atoms with E-state index in [1.54, 1.807) is 24.3 Å². The van der Waals surface area contributed by atoms with Gasteiger partial charge in [-0.25, -0.2) is 0 Å². The van der Waals surface area contributed by atoms with Crippen LogP contribution in [0.5, 0.6) is 0 Å². The molecule has 0 N–H and O–H groups in total. The molecule has 0 saturated carbocycles. The first-order valence-corrected chi connectivity index (χ1v) is 9.11. The molecule has 0 radical (unpaired) electrons. The smallest absolute Gasteiger partial charge is 0.279 e. The van der Waals surface area contributed by atoms with E-state index in [1.165, 1.54) is 29.7 Å². The number of hydrogen-bond acceptors (Lipinski definition) is 3. The van der Waals surface area contributed by atoms with Crippen LogP contribution in [0.15, 0.2) is 47.5 Å². The second-order valence-electron chi connectivity index (χ2n) is 5.96. The van der Waals surface area contributed by atoms with Crippen LogP contribution in [0.3, 0.4) is 0 Å². The zero-order valence-corrected chi connectivity index (χ0v) is 15.1. The van der Waals surface area contributed by atoms with Crippen LogP contribution in [-0.4, -0.2) is 10.5 Å². The topological polar surface area (TPSA) is 58.1 Å². The summed E-state index contributed by atoms with van der Waals surface area (Å²) in [6.45, 7) is 2.19. The van der Waals surface area contributed by atoms with E-state index in [4.69, 9.17) is 5.26 Å². The number of aryl methyl sites for hydroxylation is 2. The Balaban J connectivity index is 1.96. The van der Waals surface area contributed by atoms with Crippen molar-refractivity contribution in [2.24, 2.45) is 12.0 Å². The third-order valence-electron chi connectivity index (χ3n) is 4.15. The molecule has 0 aliphatic heterocycles. The highest BCUT2D eigenvalue weighted by molar-refractivity contribution is 7.16. The number of carbonyl (C=O) groups is 1. The number of hydrogen-bond donors (Lipinski definition) is 0. The van der Waals surface area contributed by atoms with E-state index < -0.39 is 0 Å². The SMILES string of the molecule is CCCCc1ccc2c(c1)sc(=NC(=O)c1ccc(C#N)cc1)n2C. The zero-order chi connectivity index (χ0) is 17.8.